The molecule has 1 aliphatic heterocycles. The predicted octanol–water partition coefficient (Wildman–Crippen LogP) is 2.40. The summed E-state index contributed by atoms with van der Waals surface area (Å²) in [5, 5.41) is 5.53. The van der Waals surface area contributed by atoms with Gasteiger partial charge in [0.25, 0.3) is 0 Å². The smallest absolute Gasteiger partial charge is 0.238 e. The van der Waals surface area contributed by atoms with Gasteiger partial charge >= 0.3 is 0 Å². The Hall–Kier alpha value is -1.49. The van der Waals surface area contributed by atoms with E-state index in [4.69, 9.17) is 0 Å². The zero-order chi connectivity index (χ0) is 14.1. The van der Waals surface area contributed by atoms with Crippen molar-refractivity contribution in [3.05, 3.63) is 24.3 Å². The minimum atomic E-state index is -0.337. The highest BCUT2D eigenvalue weighted by Crippen LogP contribution is 2.37. The van der Waals surface area contributed by atoms with E-state index in [0.717, 1.165) is 10.6 Å². The van der Waals surface area contributed by atoms with E-state index in [1.807, 2.05) is 31.2 Å². The van der Waals surface area contributed by atoms with Crippen LogP contribution in [0.2, 0.25) is 0 Å². The summed E-state index contributed by atoms with van der Waals surface area (Å²) in [5.74, 6) is 0.520. The quantitative estimate of drug-likeness (QED) is 0.895. The Kier molecular flexibility index (Phi) is 3.70. The molecule has 1 saturated carbocycles. The van der Waals surface area contributed by atoms with Gasteiger partial charge in [0.1, 0.15) is 0 Å². The fourth-order valence-electron chi connectivity index (χ4n) is 2.42. The molecule has 2 aliphatic rings. The minimum absolute atomic E-state index is 0.0311. The number of hydrogen-bond acceptors (Lipinski definition) is 3. The van der Waals surface area contributed by atoms with Crippen LogP contribution in [-0.2, 0) is 9.59 Å². The number of amides is 2. The Balaban J connectivity index is 1.60. The first-order valence-electron chi connectivity index (χ1n) is 6.99. The normalized spacial score (nSPS) is 22.6. The molecule has 1 aromatic carbocycles. The van der Waals surface area contributed by atoms with Crippen molar-refractivity contribution < 1.29 is 9.59 Å². The van der Waals surface area contributed by atoms with Crippen LogP contribution in [0.4, 0.5) is 5.69 Å². The number of anilines is 1. The molecular formula is C15H18N2O2S. The Morgan fingerprint density at radius 2 is 2.20 bits per heavy atom. The monoisotopic (exact) mass is 290 g/mol. The van der Waals surface area contributed by atoms with Gasteiger partial charge in [0.2, 0.25) is 11.8 Å². The Bertz CT molecular complexity index is 542. The molecule has 2 unspecified atom stereocenters. The van der Waals surface area contributed by atoms with E-state index in [1.54, 1.807) is 0 Å². The Morgan fingerprint density at radius 1 is 1.45 bits per heavy atom. The molecule has 2 amide bonds. The Labute approximate surface area is 122 Å². The third-order valence-corrected chi connectivity index (χ3v) is 5.07. The van der Waals surface area contributed by atoms with E-state index in [0.29, 0.717) is 5.92 Å². The molecule has 0 radical (unpaired) electrons. The summed E-state index contributed by atoms with van der Waals surface area (Å²) in [4.78, 5) is 25.0. The first-order valence-corrected chi connectivity index (χ1v) is 7.87. The van der Waals surface area contributed by atoms with Gasteiger partial charge in [-0.2, -0.15) is 0 Å². The highest BCUT2D eigenvalue weighted by Gasteiger charge is 2.32. The summed E-state index contributed by atoms with van der Waals surface area (Å²) in [6.45, 7) is 2.04. The number of fused-ring (bicyclic) bond motifs is 1. The fourth-order valence-corrected chi connectivity index (χ4v) is 3.53. The maximum atomic E-state index is 12.0. The van der Waals surface area contributed by atoms with E-state index in [9.17, 15) is 9.59 Å². The minimum Gasteiger partial charge on any atom is -0.353 e. The number of para-hydroxylation sites is 1. The lowest BCUT2D eigenvalue weighted by Crippen LogP contribution is -2.39. The van der Waals surface area contributed by atoms with Gasteiger partial charge in [-0.15, -0.1) is 11.8 Å². The molecule has 20 heavy (non-hydrogen) atoms. The third-order valence-electron chi connectivity index (χ3n) is 3.80. The van der Waals surface area contributed by atoms with Gasteiger partial charge in [-0.25, -0.2) is 0 Å². The first kappa shape index (κ1) is 13.5. The number of rotatable bonds is 4. The topological polar surface area (TPSA) is 58.2 Å². The lowest BCUT2D eigenvalue weighted by Gasteiger charge is -2.24. The highest BCUT2D eigenvalue weighted by atomic mass is 32.2. The number of carbonyl (C=O) groups excluding carboxylic acids is 2. The van der Waals surface area contributed by atoms with Crippen molar-refractivity contribution in [3.63, 3.8) is 0 Å². The van der Waals surface area contributed by atoms with Crippen LogP contribution in [0, 0.1) is 5.92 Å². The summed E-state index contributed by atoms with van der Waals surface area (Å²) >= 11 is 1.47. The van der Waals surface area contributed by atoms with E-state index in [2.05, 4.69) is 10.6 Å². The molecule has 5 heteroatoms. The van der Waals surface area contributed by atoms with Crippen molar-refractivity contribution in [2.45, 2.75) is 42.4 Å². The van der Waals surface area contributed by atoms with Crippen molar-refractivity contribution in [3.8, 4) is 0 Å². The lowest BCUT2D eigenvalue weighted by molar-refractivity contribution is -0.124. The summed E-state index contributed by atoms with van der Waals surface area (Å²) in [6.07, 6.45) is 2.64. The van der Waals surface area contributed by atoms with Crippen molar-refractivity contribution in [1.82, 2.24) is 5.32 Å². The number of thioether (sulfide) groups is 1. The van der Waals surface area contributed by atoms with Crippen LogP contribution >= 0.6 is 11.8 Å². The molecular weight excluding hydrogens is 272 g/mol. The summed E-state index contributed by atoms with van der Waals surface area (Å²) in [7, 11) is 0. The van der Waals surface area contributed by atoms with Crippen LogP contribution in [0.15, 0.2) is 29.2 Å². The maximum Gasteiger partial charge on any atom is 0.238 e. The van der Waals surface area contributed by atoms with E-state index in [1.165, 1.54) is 24.6 Å². The van der Waals surface area contributed by atoms with Gasteiger partial charge in [0.05, 0.1) is 10.9 Å². The van der Waals surface area contributed by atoms with Crippen LogP contribution in [0.25, 0.3) is 0 Å². The molecule has 1 aromatic rings. The molecule has 2 N–H and O–H groups in total. The molecule has 0 saturated heterocycles. The highest BCUT2D eigenvalue weighted by molar-refractivity contribution is 8.01. The number of hydrogen-bond donors (Lipinski definition) is 2. The average Bonchev–Trinajstić information content (AvgIpc) is 3.23. The van der Waals surface area contributed by atoms with Crippen LogP contribution in [0.5, 0.6) is 0 Å². The second-order valence-corrected chi connectivity index (χ2v) is 6.73. The maximum absolute atomic E-state index is 12.0. The van der Waals surface area contributed by atoms with Gasteiger partial charge in [-0.1, -0.05) is 12.1 Å². The molecule has 2 atom stereocenters. The summed E-state index contributed by atoms with van der Waals surface area (Å²) in [6, 6.07) is 7.91. The number of benzene rings is 1. The van der Waals surface area contributed by atoms with Gasteiger partial charge in [0, 0.05) is 17.4 Å². The second-order valence-electron chi connectivity index (χ2n) is 5.49. The van der Waals surface area contributed by atoms with Crippen LogP contribution in [0.3, 0.4) is 0 Å². The largest absolute Gasteiger partial charge is 0.353 e. The molecule has 0 bridgehead atoms. The molecule has 4 nitrogen and oxygen atoms in total. The van der Waals surface area contributed by atoms with Crippen molar-refractivity contribution in [1.29, 1.82) is 0 Å². The van der Waals surface area contributed by atoms with E-state index >= 15 is 0 Å². The number of nitrogens with one attached hydrogen (secondary N) is 2. The first-order chi connectivity index (χ1) is 9.63. The predicted molar refractivity (Wildman–Crippen MR) is 79.7 cm³/mol. The molecule has 3 rings (SSSR count). The van der Waals surface area contributed by atoms with Crippen molar-refractivity contribution >= 4 is 29.3 Å². The summed E-state index contributed by atoms with van der Waals surface area (Å²) in [5.41, 5.74) is 0.838. The van der Waals surface area contributed by atoms with Gasteiger partial charge < -0.3 is 10.6 Å². The molecule has 1 aliphatic carbocycles. The molecule has 1 heterocycles. The van der Waals surface area contributed by atoms with Crippen molar-refractivity contribution in [2.24, 2.45) is 5.92 Å². The zero-order valence-corrected chi connectivity index (χ0v) is 12.2. The van der Waals surface area contributed by atoms with Crippen LogP contribution < -0.4 is 10.6 Å². The Morgan fingerprint density at radius 3 is 2.95 bits per heavy atom. The van der Waals surface area contributed by atoms with E-state index in [-0.39, 0.29) is 29.5 Å². The lowest BCUT2D eigenvalue weighted by atomic mass is 10.2. The second kappa shape index (κ2) is 5.48. The molecule has 1 fully saturated rings. The van der Waals surface area contributed by atoms with Gasteiger partial charge in [-0.3, -0.25) is 9.59 Å². The standard InChI is InChI=1S/C15H18N2O2S/c1-9(10-6-7-10)16-14(18)8-13-15(19)17-11-4-2-3-5-12(11)20-13/h2-5,9-10,13H,6-8H2,1H3,(H,16,18)(H,17,19). The van der Waals surface area contributed by atoms with Crippen LogP contribution in [-0.4, -0.2) is 23.1 Å². The number of carbonyl (C=O) groups is 2. The third kappa shape index (κ3) is 2.98. The van der Waals surface area contributed by atoms with Crippen LogP contribution in [0.1, 0.15) is 26.2 Å². The summed E-state index contributed by atoms with van der Waals surface area (Å²) < 4.78 is 0. The van der Waals surface area contributed by atoms with Gasteiger partial charge in [0.15, 0.2) is 0 Å². The molecule has 106 valence electrons. The molecule has 0 aromatic heterocycles. The fraction of sp³-hybridized carbons (Fsp3) is 0.467. The van der Waals surface area contributed by atoms with E-state index < -0.39 is 0 Å². The zero-order valence-electron chi connectivity index (χ0n) is 11.4. The average molecular weight is 290 g/mol. The van der Waals surface area contributed by atoms with Gasteiger partial charge in [-0.05, 0) is 37.8 Å². The van der Waals surface area contributed by atoms with Crippen molar-refractivity contribution in [2.75, 3.05) is 5.32 Å². The molecule has 0 spiro atoms. The SMILES string of the molecule is CC(NC(=O)CC1Sc2ccccc2NC1=O)C1CC1.